The van der Waals surface area contributed by atoms with Crippen molar-refractivity contribution >= 4 is 66.6 Å². The highest BCUT2D eigenvalue weighted by molar-refractivity contribution is 7.26. The van der Waals surface area contributed by atoms with E-state index in [-0.39, 0.29) is 0 Å². The summed E-state index contributed by atoms with van der Waals surface area (Å²) in [4.78, 5) is 5.13. The molecule has 0 bridgehead atoms. The zero-order chi connectivity index (χ0) is 27.6. The molecule has 0 saturated heterocycles. The number of rotatable bonds is 5. The van der Waals surface area contributed by atoms with Gasteiger partial charge in [0, 0.05) is 42.7 Å². The van der Waals surface area contributed by atoms with Crippen molar-refractivity contribution in [3.63, 3.8) is 0 Å². The molecule has 0 aliphatic rings. The lowest BCUT2D eigenvalue weighted by Crippen LogP contribution is -2.40. The van der Waals surface area contributed by atoms with E-state index in [1.165, 1.54) is 64.0 Å². The molecule has 0 aliphatic heterocycles. The van der Waals surface area contributed by atoms with Crippen LogP contribution in [0.15, 0.2) is 97.2 Å². The van der Waals surface area contributed by atoms with Crippen molar-refractivity contribution in [1.29, 1.82) is 0 Å². The summed E-state index contributed by atoms with van der Waals surface area (Å²) < 4.78 is 5.08. The van der Waals surface area contributed by atoms with E-state index in [1.807, 2.05) is 11.3 Å². The van der Waals surface area contributed by atoms with Crippen molar-refractivity contribution in [3.05, 3.63) is 103 Å². The quantitative estimate of drug-likeness (QED) is 0.194. The fourth-order valence-electron chi connectivity index (χ4n) is 6.31. The second-order valence-corrected chi connectivity index (χ2v) is 18.5. The Labute approximate surface area is 240 Å². The maximum absolute atomic E-state index is 5.13. The minimum Gasteiger partial charge on any atom is -0.309 e. The van der Waals surface area contributed by atoms with Gasteiger partial charge in [0.1, 0.15) is 0 Å². The molecule has 198 valence electrons. The molecule has 3 aromatic heterocycles. The number of para-hydroxylation sites is 2. The predicted octanol–water partition coefficient (Wildman–Crippen LogP) is 9.96. The summed E-state index contributed by atoms with van der Waals surface area (Å²) in [5.74, 6) is 0.604. The lowest BCUT2D eigenvalue weighted by atomic mass is 10.00. The highest BCUT2D eigenvalue weighted by Gasteiger charge is 2.24. The van der Waals surface area contributed by atoms with Gasteiger partial charge in [0.05, 0.1) is 30.5 Å². The smallest absolute Gasteiger partial charge is 0.0799 e. The van der Waals surface area contributed by atoms with Gasteiger partial charge in [-0.25, -0.2) is 0 Å². The van der Waals surface area contributed by atoms with E-state index in [9.17, 15) is 0 Å². The lowest BCUT2D eigenvalue weighted by Gasteiger charge is -2.22. The van der Waals surface area contributed by atoms with Crippen molar-refractivity contribution < 1.29 is 0 Å². The lowest BCUT2D eigenvalue weighted by molar-refractivity contribution is 0.649. The molecule has 0 radical (unpaired) electrons. The van der Waals surface area contributed by atoms with E-state index in [2.05, 4.69) is 135 Å². The standard InChI is InChI=1S/C36H34N2SSi/c1-23(2)20-24-21-29(37-22-34(24)40(3,4)5)27-18-19-32(35-28-14-8-11-17-33(28)39-36(27)35)38-30-15-9-6-12-25(30)26-13-7-10-16-31(26)38/h6-19,21-23H,20H2,1-5H3. The van der Waals surface area contributed by atoms with Gasteiger partial charge >= 0.3 is 0 Å². The van der Waals surface area contributed by atoms with Crippen LogP contribution < -0.4 is 5.19 Å². The molecule has 7 aromatic rings. The number of thiophene rings is 1. The van der Waals surface area contributed by atoms with Crippen LogP contribution in [0.5, 0.6) is 0 Å². The SMILES string of the molecule is CC(C)Cc1cc(-c2ccc(-n3c4ccccc4c4ccccc43)c3c2sc2ccccc23)ncc1[Si](C)(C)C. The summed E-state index contributed by atoms with van der Waals surface area (Å²) in [6.45, 7) is 11.9. The van der Waals surface area contributed by atoms with Crippen LogP contribution in [0.25, 0.3) is 58.9 Å². The van der Waals surface area contributed by atoms with Crippen LogP contribution in [0.3, 0.4) is 0 Å². The van der Waals surface area contributed by atoms with Crippen molar-refractivity contribution in [2.24, 2.45) is 5.92 Å². The molecule has 4 aromatic carbocycles. The molecule has 2 nitrogen and oxygen atoms in total. The number of hydrogen-bond donors (Lipinski definition) is 0. The molecule has 40 heavy (non-hydrogen) atoms. The van der Waals surface area contributed by atoms with Crippen LogP contribution in [0.2, 0.25) is 19.6 Å². The maximum atomic E-state index is 5.13. The van der Waals surface area contributed by atoms with Crippen molar-refractivity contribution in [2.75, 3.05) is 0 Å². The molecule has 3 heterocycles. The van der Waals surface area contributed by atoms with E-state index >= 15 is 0 Å². The Bertz CT molecular complexity index is 2000. The Morgan fingerprint density at radius 1 is 0.775 bits per heavy atom. The van der Waals surface area contributed by atoms with Gasteiger partial charge in [0.25, 0.3) is 0 Å². The molecule has 0 aliphatic carbocycles. The van der Waals surface area contributed by atoms with Gasteiger partial charge in [-0.2, -0.15) is 0 Å². The molecular formula is C36H34N2SSi. The number of hydrogen-bond acceptors (Lipinski definition) is 2. The number of fused-ring (bicyclic) bond motifs is 6. The number of aromatic nitrogens is 2. The normalized spacial score (nSPS) is 12.4. The fourth-order valence-corrected chi connectivity index (χ4v) is 9.14. The number of benzene rings is 4. The summed E-state index contributed by atoms with van der Waals surface area (Å²) in [7, 11) is -1.51. The topological polar surface area (TPSA) is 17.8 Å². The minimum atomic E-state index is -1.51. The first kappa shape index (κ1) is 25.2. The van der Waals surface area contributed by atoms with E-state index in [4.69, 9.17) is 4.98 Å². The van der Waals surface area contributed by atoms with Gasteiger partial charge in [0.2, 0.25) is 0 Å². The predicted molar refractivity (Wildman–Crippen MR) is 178 cm³/mol. The van der Waals surface area contributed by atoms with Gasteiger partial charge in [-0.3, -0.25) is 4.98 Å². The first-order chi connectivity index (χ1) is 19.3. The second kappa shape index (κ2) is 9.43. The molecule has 7 rings (SSSR count). The van der Waals surface area contributed by atoms with Gasteiger partial charge in [0.15, 0.2) is 0 Å². The van der Waals surface area contributed by atoms with Crippen LogP contribution in [0.4, 0.5) is 0 Å². The third-order valence-electron chi connectivity index (χ3n) is 8.03. The zero-order valence-corrected chi connectivity index (χ0v) is 25.6. The first-order valence-corrected chi connectivity index (χ1v) is 18.6. The third-order valence-corrected chi connectivity index (χ3v) is 11.3. The van der Waals surface area contributed by atoms with Crippen LogP contribution in [-0.2, 0) is 6.42 Å². The van der Waals surface area contributed by atoms with E-state index in [1.54, 1.807) is 0 Å². The molecule has 4 heteroatoms. The van der Waals surface area contributed by atoms with Crippen LogP contribution in [0, 0.1) is 5.92 Å². The van der Waals surface area contributed by atoms with Crippen molar-refractivity contribution in [3.8, 4) is 16.9 Å². The van der Waals surface area contributed by atoms with Gasteiger partial charge < -0.3 is 4.57 Å². The zero-order valence-electron chi connectivity index (χ0n) is 23.8. The van der Waals surface area contributed by atoms with Crippen LogP contribution in [-0.4, -0.2) is 17.6 Å². The summed E-state index contributed by atoms with van der Waals surface area (Å²) in [5, 5.41) is 6.68. The number of nitrogens with zero attached hydrogens (tertiary/aromatic N) is 2. The fraction of sp³-hybridized carbons (Fsp3) is 0.194. The summed E-state index contributed by atoms with van der Waals surface area (Å²) in [6, 6.07) is 33.4. The molecule has 0 amide bonds. The summed E-state index contributed by atoms with van der Waals surface area (Å²) >= 11 is 1.89. The molecule has 0 unspecified atom stereocenters. The van der Waals surface area contributed by atoms with Gasteiger partial charge in [-0.1, -0.05) is 88.1 Å². The summed E-state index contributed by atoms with van der Waals surface area (Å²) in [5.41, 5.74) is 7.50. The molecule has 0 atom stereocenters. The van der Waals surface area contributed by atoms with E-state index in [0.29, 0.717) is 5.92 Å². The van der Waals surface area contributed by atoms with Crippen molar-refractivity contribution in [2.45, 2.75) is 39.9 Å². The second-order valence-electron chi connectivity index (χ2n) is 12.4. The van der Waals surface area contributed by atoms with Gasteiger partial charge in [-0.05, 0) is 59.5 Å². The summed E-state index contributed by atoms with van der Waals surface area (Å²) in [6.07, 6.45) is 3.28. The Balaban J connectivity index is 1.55. The Morgan fingerprint density at radius 3 is 2.05 bits per heavy atom. The van der Waals surface area contributed by atoms with Crippen LogP contribution in [0.1, 0.15) is 19.4 Å². The first-order valence-electron chi connectivity index (χ1n) is 14.2. The highest BCUT2D eigenvalue weighted by Crippen LogP contribution is 2.44. The third kappa shape index (κ3) is 4.01. The maximum Gasteiger partial charge on any atom is 0.0799 e. The average Bonchev–Trinajstić information content (AvgIpc) is 3.48. The molecule has 0 N–H and O–H groups in total. The molecule has 0 spiro atoms. The van der Waals surface area contributed by atoms with E-state index in [0.717, 1.165) is 12.1 Å². The van der Waals surface area contributed by atoms with Crippen LogP contribution >= 0.6 is 11.3 Å². The average molecular weight is 555 g/mol. The molecule has 0 fully saturated rings. The van der Waals surface area contributed by atoms with Gasteiger partial charge in [-0.15, -0.1) is 11.3 Å². The molecular weight excluding hydrogens is 521 g/mol. The number of pyridine rings is 1. The van der Waals surface area contributed by atoms with E-state index < -0.39 is 8.07 Å². The molecule has 0 saturated carbocycles. The Morgan fingerprint density at radius 2 is 1.40 bits per heavy atom. The monoisotopic (exact) mass is 554 g/mol. The minimum absolute atomic E-state index is 0.604. The Hall–Kier alpha value is -3.73. The highest BCUT2D eigenvalue weighted by atomic mass is 32.1. The van der Waals surface area contributed by atoms with Crippen molar-refractivity contribution in [1.82, 2.24) is 9.55 Å². The Kier molecular flexibility index (Phi) is 5.95. The largest absolute Gasteiger partial charge is 0.309 e.